The van der Waals surface area contributed by atoms with E-state index in [4.69, 9.17) is 9.72 Å². The van der Waals surface area contributed by atoms with Crippen molar-refractivity contribution in [2.75, 3.05) is 12.9 Å². The van der Waals surface area contributed by atoms with Gasteiger partial charge in [0.1, 0.15) is 11.4 Å². The fourth-order valence-corrected chi connectivity index (χ4v) is 3.48. The van der Waals surface area contributed by atoms with E-state index >= 15 is 0 Å². The maximum Gasteiger partial charge on any atom is 0.196 e. The van der Waals surface area contributed by atoms with Gasteiger partial charge in [-0.1, -0.05) is 49.0 Å². The van der Waals surface area contributed by atoms with Crippen LogP contribution in [0.3, 0.4) is 0 Å². The first-order chi connectivity index (χ1) is 12.8. The third-order valence-electron chi connectivity index (χ3n) is 4.05. The van der Waals surface area contributed by atoms with Gasteiger partial charge < -0.3 is 4.74 Å². The minimum Gasteiger partial charge on any atom is -0.497 e. The van der Waals surface area contributed by atoms with Gasteiger partial charge in [0.25, 0.3) is 0 Å². The lowest BCUT2D eigenvalue weighted by Gasteiger charge is -2.06. The van der Waals surface area contributed by atoms with Crippen LogP contribution in [0.4, 0.5) is 0 Å². The SMILES string of the molecule is CCSc1nnc2c(/C=C/c3ccc(OC)cc3)nc3ccccc3n12. The van der Waals surface area contributed by atoms with Gasteiger partial charge >= 0.3 is 0 Å². The summed E-state index contributed by atoms with van der Waals surface area (Å²) in [6, 6.07) is 16.0. The largest absolute Gasteiger partial charge is 0.497 e. The second-order valence-corrected chi connectivity index (χ2v) is 6.90. The maximum atomic E-state index is 5.20. The van der Waals surface area contributed by atoms with Crippen LogP contribution in [0.15, 0.2) is 53.7 Å². The van der Waals surface area contributed by atoms with Crippen LogP contribution < -0.4 is 4.74 Å². The zero-order chi connectivity index (χ0) is 17.9. The van der Waals surface area contributed by atoms with E-state index in [2.05, 4.69) is 27.6 Å². The molecule has 0 spiro atoms. The van der Waals surface area contributed by atoms with Crippen LogP contribution in [0.2, 0.25) is 0 Å². The van der Waals surface area contributed by atoms with Crippen LogP contribution in [0.1, 0.15) is 18.2 Å². The number of benzene rings is 2. The summed E-state index contributed by atoms with van der Waals surface area (Å²) in [5.74, 6) is 1.78. The molecule has 6 heteroatoms. The molecule has 0 saturated heterocycles. The van der Waals surface area contributed by atoms with Gasteiger partial charge in [0.15, 0.2) is 10.8 Å². The number of ether oxygens (including phenoxy) is 1. The Labute approximate surface area is 155 Å². The molecule has 26 heavy (non-hydrogen) atoms. The van der Waals surface area contributed by atoms with E-state index in [0.717, 1.165) is 44.6 Å². The molecule has 0 aliphatic heterocycles. The molecule has 4 aromatic rings. The quantitative estimate of drug-likeness (QED) is 0.487. The van der Waals surface area contributed by atoms with E-state index in [1.807, 2.05) is 54.6 Å². The van der Waals surface area contributed by atoms with E-state index < -0.39 is 0 Å². The Kier molecular flexibility index (Phi) is 4.58. The zero-order valence-electron chi connectivity index (χ0n) is 14.6. The number of nitrogens with zero attached hydrogens (tertiary/aromatic N) is 4. The van der Waals surface area contributed by atoms with E-state index in [1.165, 1.54) is 0 Å². The molecule has 4 rings (SSSR count). The molecule has 0 fully saturated rings. The van der Waals surface area contributed by atoms with Gasteiger partial charge in [-0.15, -0.1) is 10.2 Å². The number of thioether (sulfide) groups is 1. The molecule has 0 aliphatic rings. The fraction of sp³-hybridized carbons (Fsp3) is 0.150. The molecule has 0 radical (unpaired) electrons. The smallest absolute Gasteiger partial charge is 0.196 e. The number of fused-ring (bicyclic) bond motifs is 3. The normalized spacial score (nSPS) is 11.6. The molecule has 130 valence electrons. The highest BCUT2D eigenvalue weighted by Gasteiger charge is 2.13. The summed E-state index contributed by atoms with van der Waals surface area (Å²) in [5, 5.41) is 9.63. The van der Waals surface area contributed by atoms with Crippen molar-refractivity contribution in [3.8, 4) is 5.75 Å². The standard InChI is InChI=1S/C20H18N4OS/c1-3-26-20-23-22-19-17(13-10-14-8-11-15(25-2)12-9-14)21-16-6-4-5-7-18(16)24(19)20/h4-13H,3H2,1-2H3/b13-10+. The number of hydrogen-bond donors (Lipinski definition) is 0. The van der Waals surface area contributed by atoms with E-state index in [1.54, 1.807) is 18.9 Å². The van der Waals surface area contributed by atoms with Crippen molar-refractivity contribution in [2.45, 2.75) is 12.1 Å². The predicted molar refractivity (Wildman–Crippen MR) is 107 cm³/mol. The van der Waals surface area contributed by atoms with Crippen molar-refractivity contribution in [2.24, 2.45) is 0 Å². The van der Waals surface area contributed by atoms with Crippen LogP contribution >= 0.6 is 11.8 Å². The van der Waals surface area contributed by atoms with Gasteiger partial charge in [0.2, 0.25) is 0 Å². The van der Waals surface area contributed by atoms with Crippen LogP contribution in [0, 0.1) is 0 Å². The van der Waals surface area contributed by atoms with E-state index in [-0.39, 0.29) is 0 Å². The van der Waals surface area contributed by atoms with Crippen LogP contribution in [-0.2, 0) is 0 Å². The van der Waals surface area contributed by atoms with Crippen molar-refractivity contribution in [3.05, 3.63) is 59.8 Å². The minimum atomic E-state index is 0.768. The Morgan fingerprint density at radius 3 is 2.62 bits per heavy atom. The monoisotopic (exact) mass is 362 g/mol. The molecule has 0 bridgehead atoms. The molecular formula is C20H18N4OS. The van der Waals surface area contributed by atoms with Crippen LogP contribution in [0.25, 0.3) is 28.8 Å². The van der Waals surface area contributed by atoms with Crippen LogP contribution in [-0.4, -0.2) is 32.4 Å². The number of methoxy groups -OCH3 is 1. The summed E-state index contributed by atoms with van der Waals surface area (Å²) in [6.07, 6.45) is 4.01. The highest BCUT2D eigenvalue weighted by atomic mass is 32.2. The first-order valence-corrected chi connectivity index (χ1v) is 9.37. The Bertz CT molecular complexity index is 1090. The summed E-state index contributed by atoms with van der Waals surface area (Å²) in [7, 11) is 1.66. The van der Waals surface area contributed by atoms with Gasteiger partial charge in [0.05, 0.1) is 18.1 Å². The lowest BCUT2D eigenvalue weighted by molar-refractivity contribution is 0.415. The second kappa shape index (κ2) is 7.17. The lowest BCUT2D eigenvalue weighted by Crippen LogP contribution is -1.96. The van der Waals surface area contributed by atoms with Crippen molar-refractivity contribution in [1.29, 1.82) is 0 Å². The molecule has 2 aromatic heterocycles. The number of aromatic nitrogens is 4. The molecule has 0 aliphatic carbocycles. The van der Waals surface area contributed by atoms with E-state index in [9.17, 15) is 0 Å². The van der Waals surface area contributed by atoms with Gasteiger partial charge in [0, 0.05) is 0 Å². The van der Waals surface area contributed by atoms with Crippen LogP contribution in [0.5, 0.6) is 5.75 Å². The second-order valence-electron chi connectivity index (χ2n) is 5.67. The molecule has 2 aromatic carbocycles. The topological polar surface area (TPSA) is 52.3 Å². The Morgan fingerprint density at radius 2 is 1.85 bits per heavy atom. The molecule has 0 unspecified atom stereocenters. The summed E-state index contributed by atoms with van der Waals surface area (Å²) >= 11 is 1.68. The Morgan fingerprint density at radius 1 is 1.04 bits per heavy atom. The van der Waals surface area contributed by atoms with Gasteiger partial charge in [-0.3, -0.25) is 4.40 Å². The van der Waals surface area contributed by atoms with Gasteiger partial charge in [-0.2, -0.15) is 0 Å². The molecule has 0 atom stereocenters. The molecule has 5 nitrogen and oxygen atoms in total. The highest BCUT2D eigenvalue weighted by molar-refractivity contribution is 7.99. The van der Waals surface area contributed by atoms with E-state index in [0.29, 0.717) is 0 Å². The van der Waals surface area contributed by atoms with Crippen molar-refractivity contribution in [3.63, 3.8) is 0 Å². The van der Waals surface area contributed by atoms with Crippen molar-refractivity contribution >= 4 is 40.6 Å². The molecular weight excluding hydrogens is 344 g/mol. The molecule has 0 amide bonds. The fourth-order valence-electron chi connectivity index (χ4n) is 2.81. The lowest BCUT2D eigenvalue weighted by atomic mass is 10.2. The third-order valence-corrected chi connectivity index (χ3v) is 4.86. The number of para-hydroxylation sites is 2. The third kappa shape index (κ3) is 3.04. The first kappa shape index (κ1) is 16.6. The minimum absolute atomic E-state index is 0.768. The number of rotatable bonds is 5. The average molecular weight is 362 g/mol. The molecule has 0 saturated carbocycles. The van der Waals surface area contributed by atoms with Crippen molar-refractivity contribution < 1.29 is 4.74 Å². The Balaban J connectivity index is 1.84. The summed E-state index contributed by atoms with van der Waals surface area (Å²) in [5.41, 5.74) is 4.58. The van der Waals surface area contributed by atoms with Gasteiger partial charge in [-0.05, 0) is 41.7 Å². The Hall–Kier alpha value is -2.86. The average Bonchev–Trinajstić information content (AvgIpc) is 3.11. The predicted octanol–water partition coefficient (Wildman–Crippen LogP) is 4.57. The summed E-state index contributed by atoms with van der Waals surface area (Å²) in [6.45, 7) is 2.11. The zero-order valence-corrected chi connectivity index (χ0v) is 15.4. The highest BCUT2D eigenvalue weighted by Crippen LogP contribution is 2.24. The first-order valence-electron chi connectivity index (χ1n) is 8.39. The summed E-state index contributed by atoms with van der Waals surface area (Å²) in [4.78, 5) is 4.78. The maximum absolute atomic E-state index is 5.20. The number of hydrogen-bond acceptors (Lipinski definition) is 5. The molecule has 2 heterocycles. The summed E-state index contributed by atoms with van der Waals surface area (Å²) < 4.78 is 7.29. The molecule has 0 N–H and O–H groups in total. The van der Waals surface area contributed by atoms with Crippen molar-refractivity contribution in [1.82, 2.24) is 19.6 Å². The van der Waals surface area contributed by atoms with Gasteiger partial charge in [-0.25, -0.2) is 4.98 Å².